The Morgan fingerprint density at radius 2 is 0.825 bits per heavy atom. The summed E-state index contributed by atoms with van der Waals surface area (Å²) in [5.41, 5.74) is 19.0. The van der Waals surface area contributed by atoms with Crippen LogP contribution in [0.25, 0.3) is 66.4 Å². The van der Waals surface area contributed by atoms with Gasteiger partial charge in [0.2, 0.25) is 0 Å². The second kappa shape index (κ2) is 15.1. The Labute approximate surface area is 367 Å². The third kappa shape index (κ3) is 6.02. The molecule has 0 saturated carbocycles. The predicted molar refractivity (Wildman–Crippen MR) is 262 cm³/mol. The van der Waals surface area contributed by atoms with Crippen LogP contribution in [0, 0.1) is 0 Å². The molecule has 0 amide bonds. The fraction of sp³-hybridized carbons (Fsp3) is 0.0164. The molecule has 0 saturated heterocycles. The summed E-state index contributed by atoms with van der Waals surface area (Å²) in [7, 11) is 0. The number of nitrogens with zero attached hydrogens (tertiary/aromatic N) is 1. The van der Waals surface area contributed by atoms with Gasteiger partial charge in [0.1, 0.15) is 11.2 Å². The van der Waals surface area contributed by atoms with E-state index in [2.05, 4.69) is 254 Å². The monoisotopic (exact) mass is 803 g/mol. The fourth-order valence-corrected chi connectivity index (χ4v) is 10.1. The Morgan fingerprint density at radius 3 is 1.52 bits per heavy atom. The summed E-state index contributed by atoms with van der Waals surface area (Å²) < 4.78 is 6.71. The number of hydrogen-bond donors (Lipinski definition) is 0. The van der Waals surface area contributed by atoms with Crippen LogP contribution in [0.15, 0.2) is 253 Å². The molecular weight excluding hydrogens is 763 g/mol. The summed E-state index contributed by atoms with van der Waals surface area (Å²) in [6.45, 7) is 0. The average Bonchev–Trinajstić information content (AvgIpc) is 3.89. The first-order valence-corrected chi connectivity index (χ1v) is 21.7. The van der Waals surface area contributed by atoms with Gasteiger partial charge in [-0.05, 0) is 121 Å². The normalized spacial score (nSPS) is 12.6. The maximum Gasteiger partial charge on any atom is 0.137 e. The molecule has 0 N–H and O–H groups in total. The van der Waals surface area contributed by atoms with E-state index in [0.717, 1.165) is 50.1 Å². The van der Waals surface area contributed by atoms with Gasteiger partial charge in [0.15, 0.2) is 0 Å². The van der Waals surface area contributed by atoms with Crippen molar-refractivity contribution in [3.05, 3.63) is 271 Å². The van der Waals surface area contributed by atoms with Crippen LogP contribution >= 0.6 is 0 Å². The molecule has 1 aliphatic carbocycles. The van der Waals surface area contributed by atoms with Crippen molar-refractivity contribution in [1.82, 2.24) is 0 Å². The number of rotatable bonds is 8. The number of fused-ring (bicyclic) bond motifs is 6. The van der Waals surface area contributed by atoms with Crippen molar-refractivity contribution in [2.45, 2.75) is 5.41 Å². The van der Waals surface area contributed by atoms with Crippen LogP contribution in [0.2, 0.25) is 0 Å². The second-order valence-electron chi connectivity index (χ2n) is 16.4. The summed E-state index contributed by atoms with van der Waals surface area (Å²) in [5, 5.41) is 2.14. The zero-order valence-electron chi connectivity index (χ0n) is 34.5. The molecule has 1 aliphatic rings. The predicted octanol–water partition coefficient (Wildman–Crippen LogP) is 16.4. The number of benzene rings is 10. The van der Waals surface area contributed by atoms with Gasteiger partial charge >= 0.3 is 0 Å². The van der Waals surface area contributed by atoms with Gasteiger partial charge in [-0.25, -0.2) is 0 Å². The summed E-state index contributed by atoms with van der Waals surface area (Å²) in [6.07, 6.45) is 0. The van der Waals surface area contributed by atoms with Gasteiger partial charge in [0.25, 0.3) is 0 Å². The highest BCUT2D eigenvalue weighted by molar-refractivity contribution is 6.14. The van der Waals surface area contributed by atoms with E-state index < -0.39 is 5.41 Å². The van der Waals surface area contributed by atoms with Crippen LogP contribution in [-0.2, 0) is 5.41 Å². The van der Waals surface area contributed by atoms with Crippen LogP contribution in [0.5, 0.6) is 0 Å². The highest BCUT2D eigenvalue weighted by Crippen LogP contribution is 2.57. The standard InChI is InChI=1S/C61H41NO/c1-4-17-42(18-5-1)44-33-36-50(37-34-44)62(51-26-15-25-49(41-51)61(48-23-8-3-9-24-48)55-29-12-10-27-52(55)53-28-11-13-30-56(53)61)57-31-16-32-59-60(57)54-40-47(35-38-58(54)63-59)46-22-14-21-45(39-46)43-19-6-2-7-20-43/h1-41H. The molecule has 0 unspecified atom stereocenters. The van der Waals surface area contributed by atoms with E-state index in [1.807, 2.05) is 0 Å². The van der Waals surface area contributed by atoms with E-state index in [9.17, 15) is 0 Å². The molecule has 12 rings (SSSR count). The van der Waals surface area contributed by atoms with E-state index in [-0.39, 0.29) is 0 Å². The van der Waals surface area contributed by atoms with Crippen molar-refractivity contribution < 1.29 is 4.42 Å². The number of furan rings is 1. The molecule has 1 aromatic heterocycles. The molecule has 1 heterocycles. The molecule has 0 bridgehead atoms. The van der Waals surface area contributed by atoms with E-state index in [1.165, 1.54) is 55.6 Å². The average molecular weight is 804 g/mol. The lowest BCUT2D eigenvalue weighted by Gasteiger charge is -2.35. The Hall–Kier alpha value is -8.20. The van der Waals surface area contributed by atoms with Crippen molar-refractivity contribution in [2.75, 3.05) is 4.90 Å². The largest absolute Gasteiger partial charge is 0.456 e. The highest BCUT2D eigenvalue weighted by Gasteiger charge is 2.46. The third-order valence-electron chi connectivity index (χ3n) is 12.9. The van der Waals surface area contributed by atoms with E-state index in [0.29, 0.717) is 0 Å². The lowest BCUT2D eigenvalue weighted by Crippen LogP contribution is -2.28. The zero-order valence-corrected chi connectivity index (χ0v) is 34.5. The van der Waals surface area contributed by atoms with Gasteiger partial charge in [0, 0.05) is 16.8 Å². The van der Waals surface area contributed by atoms with Crippen molar-refractivity contribution in [1.29, 1.82) is 0 Å². The molecule has 0 fully saturated rings. The second-order valence-corrected chi connectivity index (χ2v) is 16.4. The highest BCUT2D eigenvalue weighted by atomic mass is 16.3. The Bertz CT molecular complexity index is 3400. The lowest BCUT2D eigenvalue weighted by atomic mass is 9.67. The van der Waals surface area contributed by atoms with Crippen LogP contribution in [0.4, 0.5) is 17.1 Å². The molecule has 11 aromatic rings. The molecule has 0 spiro atoms. The van der Waals surface area contributed by atoms with Gasteiger partial charge < -0.3 is 9.32 Å². The van der Waals surface area contributed by atoms with Gasteiger partial charge in [0.05, 0.1) is 16.5 Å². The van der Waals surface area contributed by atoms with E-state index in [1.54, 1.807) is 0 Å². The lowest BCUT2D eigenvalue weighted by molar-refractivity contribution is 0.669. The molecule has 0 radical (unpaired) electrons. The van der Waals surface area contributed by atoms with Crippen molar-refractivity contribution in [3.8, 4) is 44.5 Å². The van der Waals surface area contributed by atoms with Crippen LogP contribution in [-0.4, -0.2) is 0 Å². The SMILES string of the molecule is c1ccc(-c2ccc(N(c3cccc(C4(c5ccccc5)c5ccccc5-c5ccccc54)c3)c3cccc4oc5ccc(-c6cccc(-c7ccccc7)c6)cc5c34)cc2)cc1. The molecule has 296 valence electrons. The number of hydrogen-bond acceptors (Lipinski definition) is 2. The third-order valence-corrected chi connectivity index (χ3v) is 12.9. The first-order chi connectivity index (χ1) is 31.2. The maximum atomic E-state index is 6.71. The summed E-state index contributed by atoms with van der Waals surface area (Å²) in [6, 6.07) is 90.2. The van der Waals surface area contributed by atoms with Crippen LogP contribution < -0.4 is 4.90 Å². The minimum Gasteiger partial charge on any atom is -0.456 e. The minimum atomic E-state index is -0.537. The molecule has 10 aromatic carbocycles. The Balaban J connectivity index is 1.08. The summed E-state index contributed by atoms with van der Waals surface area (Å²) in [5.74, 6) is 0. The number of anilines is 3. The topological polar surface area (TPSA) is 16.4 Å². The van der Waals surface area contributed by atoms with Crippen molar-refractivity contribution in [2.24, 2.45) is 0 Å². The quantitative estimate of drug-likeness (QED) is 0.152. The van der Waals surface area contributed by atoms with Gasteiger partial charge in [-0.15, -0.1) is 0 Å². The Morgan fingerprint density at radius 1 is 0.317 bits per heavy atom. The zero-order chi connectivity index (χ0) is 41.7. The van der Waals surface area contributed by atoms with E-state index >= 15 is 0 Å². The van der Waals surface area contributed by atoms with Crippen molar-refractivity contribution >= 4 is 39.0 Å². The van der Waals surface area contributed by atoms with Gasteiger partial charge in [-0.1, -0.05) is 194 Å². The van der Waals surface area contributed by atoms with Gasteiger partial charge in [-0.3, -0.25) is 0 Å². The van der Waals surface area contributed by atoms with Crippen molar-refractivity contribution in [3.63, 3.8) is 0 Å². The first-order valence-electron chi connectivity index (χ1n) is 21.7. The molecule has 0 atom stereocenters. The molecule has 2 nitrogen and oxygen atoms in total. The Kier molecular flexibility index (Phi) is 8.76. The summed E-state index contributed by atoms with van der Waals surface area (Å²) >= 11 is 0. The molecule has 0 aliphatic heterocycles. The van der Waals surface area contributed by atoms with Crippen LogP contribution in [0.1, 0.15) is 22.3 Å². The van der Waals surface area contributed by atoms with Gasteiger partial charge in [-0.2, -0.15) is 0 Å². The first kappa shape index (κ1) is 36.6. The fourth-order valence-electron chi connectivity index (χ4n) is 10.1. The molecular formula is C61H41NO. The smallest absolute Gasteiger partial charge is 0.137 e. The maximum absolute atomic E-state index is 6.71. The molecule has 2 heteroatoms. The van der Waals surface area contributed by atoms with E-state index in [4.69, 9.17) is 4.42 Å². The molecule has 63 heavy (non-hydrogen) atoms. The van der Waals surface area contributed by atoms with Crippen LogP contribution in [0.3, 0.4) is 0 Å². The minimum absolute atomic E-state index is 0.537. The summed E-state index contributed by atoms with van der Waals surface area (Å²) in [4.78, 5) is 2.42.